The summed E-state index contributed by atoms with van der Waals surface area (Å²) < 4.78 is 55.2. The molecule has 0 saturated carbocycles. The molecule has 0 spiro atoms. The summed E-state index contributed by atoms with van der Waals surface area (Å²) in [6.45, 7) is 0. The minimum absolute atomic E-state index is 0.387. The molecule has 0 aromatic heterocycles. The molecule has 0 aromatic carbocycles. The summed E-state index contributed by atoms with van der Waals surface area (Å²) in [6, 6.07) is 0. The van der Waals surface area contributed by atoms with Crippen molar-refractivity contribution in [2.75, 3.05) is 13.3 Å². The van der Waals surface area contributed by atoms with Crippen LogP contribution in [0.1, 0.15) is 0 Å². The van der Waals surface area contributed by atoms with Crippen molar-refractivity contribution in [3.05, 3.63) is 0 Å². The topological polar surface area (TPSA) is 80.8 Å². The molecule has 0 N–H and O–H groups in total. The molecule has 0 aliphatic carbocycles. The molecule has 0 aliphatic rings. The van der Waals surface area contributed by atoms with Gasteiger partial charge in [-0.25, -0.2) is 0 Å². The van der Waals surface area contributed by atoms with Gasteiger partial charge in [0.2, 0.25) is 0 Å². The quantitative estimate of drug-likeness (QED) is 0.439. The van der Waals surface area contributed by atoms with Crippen molar-refractivity contribution in [1.82, 2.24) is 4.47 Å². The first-order valence-electron chi connectivity index (χ1n) is 2.21. The van der Waals surface area contributed by atoms with Gasteiger partial charge in [0.1, 0.15) is 0 Å². The lowest BCUT2D eigenvalue weighted by Gasteiger charge is -2.07. The summed E-state index contributed by atoms with van der Waals surface area (Å²) in [6.07, 6.45) is 0.592. The van der Waals surface area contributed by atoms with Crippen LogP contribution < -0.4 is 0 Å². The van der Waals surface area contributed by atoms with E-state index in [1.807, 2.05) is 0 Å². The van der Waals surface area contributed by atoms with Crippen molar-refractivity contribution >= 4 is 20.5 Å². The standard InChI is InChI=1S/C2H6FNO5S2/c1-4(11(3,7)8)9-10(2,5)6/h1-2H3. The highest BCUT2D eigenvalue weighted by molar-refractivity contribution is 7.87. The fraction of sp³-hybridized carbons (Fsp3) is 1.00. The Morgan fingerprint density at radius 2 is 1.64 bits per heavy atom. The van der Waals surface area contributed by atoms with Crippen LogP contribution in [0.3, 0.4) is 0 Å². The summed E-state index contributed by atoms with van der Waals surface area (Å²) in [4.78, 5) is 0. The molecular weight excluding hydrogens is 201 g/mol. The summed E-state index contributed by atoms with van der Waals surface area (Å²) in [7, 11) is -8.48. The van der Waals surface area contributed by atoms with E-state index < -0.39 is 20.5 Å². The second-order valence-corrected chi connectivity index (χ2v) is 4.53. The number of rotatable bonds is 3. The van der Waals surface area contributed by atoms with E-state index in [9.17, 15) is 20.7 Å². The second kappa shape index (κ2) is 3.01. The molecule has 0 fully saturated rings. The van der Waals surface area contributed by atoms with Gasteiger partial charge in [-0.15, -0.1) is 0 Å². The van der Waals surface area contributed by atoms with E-state index in [-0.39, 0.29) is 4.47 Å². The number of hydrogen-bond acceptors (Lipinski definition) is 5. The van der Waals surface area contributed by atoms with Crippen molar-refractivity contribution in [1.29, 1.82) is 0 Å². The molecule has 6 nitrogen and oxygen atoms in total. The molecule has 11 heavy (non-hydrogen) atoms. The van der Waals surface area contributed by atoms with E-state index >= 15 is 0 Å². The number of hydroxylamine groups is 1. The summed E-state index contributed by atoms with van der Waals surface area (Å²) in [5.41, 5.74) is 0. The molecule has 0 amide bonds. The van der Waals surface area contributed by atoms with Crippen LogP contribution in [-0.4, -0.2) is 34.6 Å². The molecule has 0 radical (unpaired) electrons. The van der Waals surface area contributed by atoms with Crippen LogP contribution in [-0.2, 0) is 24.8 Å². The van der Waals surface area contributed by atoms with Crippen LogP contribution >= 0.6 is 0 Å². The van der Waals surface area contributed by atoms with Crippen molar-refractivity contribution in [3.8, 4) is 0 Å². The Balaban J connectivity index is 4.47. The van der Waals surface area contributed by atoms with E-state index in [0.29, 0.717) is 13.3 Å². The van der Waals surface area contributed by atoms with Gasteiger partial charge in [-0.1, -0.05) is 3.89 Å². The van der Waals surface area contributed by atoms with E-state index in [1.54, 1.807) is 0 Å². The third-order valence-corrected chi connectivity index (χ3v) is 1.82. The fourth-order valence-corrected chi connectivity index (χ4v) is 1.23. The minimum Gasteiger partial charge on any atom is -0.198 e. The van der Waals surface area contributed by atoms with Gasteiger partial charge in [0.05, 0.1) is 6.26 Å². The summed E-state index contributed by atoms with van der Waals surface area (Å²) in [5, 5.41) is 0. The normalized spacial score (nSPS) is 13.8. The van der Waals surface area contributed by atoms with Crippen molar-refractivity contribution in [3.63, 3.8) is 0 Å². The number of nitrogens with zero attached hydrogens (tertiary/aromatic N) is 1. The summed E-state index contributed by atoms with van der Waals surface area (Å²) in [5.74, 6) is 0. The van der Waals surface area contributed by atoms with Gasteiger partial charge >= 0.3 is 10.4 Å². The molecule has 0 atom stereocenters. The molecule has 0 aliphatic heterocycles. The zero-order chi connectivity index (χ0) is 9.28. The lowest BCUT2D eigenvalue weighted by atomic mass is 11.6. The molecule has 0 heterocycles. The van der Waals surface area contributed by atoms with Gasteiger partial charge in [0, 0.05) is 7.05 Å². The number of halogens is 1. The second-order valence-electron chi connectivity index (χ2n) is 1.63. The Bertz CT molecular complexity index is 316. The SMILES string of the molecule is CN(OS(C)(=O)=O)S(=O)(=O)F. The minimum atomic E-state index is -5.10. The first-order chi connectivity index (χ1) is 4.63. The maximum absolute atomic E-state index is 11.8. The van der Waals surface area contributed by atoms with Gasteiger partial charge in [0.25, 0.3) is 10.1 Å². The van der Waals surface area contributed by atoms with Gasteiger partial charge in [-0.2, -0.15) is 21.1 Å². The van der Waals surface area contributed by atoms with Gasteiger partial charge in [-0.3, -0.25) is 0 Å². The van der Waals surface area contributed by atoms with Crippen LogP contribution in [0, 0.1) is 0 Å². The first kappa shape index (κ1) is 10.8. The van der Waals surface area contributed by atoms with Crippen LogP contribution in [0.5, 0.6) is 0 Å². The zero-order valence-electron chi connectivity index (χ0n) is 5.68. The van der Waals surface area contributed by atoms with Gasteiger partial charge in [-0.05, 0) is 4.47 Å². The molecule has 0 rings (SSSR count). The molecule has 68 valence electrons. The average Bonchev–Trinajstić information content (AvgIpc) is 1.56. The fourth-order valence-electron chi connectivity index (χ4n) is 0.227. The van der Waals surface area contributed by atoms with Crippen molar-refractivity contribution < 1.29 is 25.0 Å². The maximum Gasteiger partial charge on any atom is 0.398 e. The molecule has 9 heteroatoms. The Hall–Kier alpha value is -0.250. The van der Waals surface area contributed by atoms with E-state index in [1.165, 1.54) is 0 Å². The Kier molecular flexibility index (Phi) is 2.94. The monoisotopic (exact) mass is 207 g/mol. The molecule has 0 unspecified atom stereocenters. The first-order valence-corrected chi connectivity index (χ1v) is 5.37. The Labute approximate surface area is 64.0 Å². The number of hydrogen-bond donors (Lipinski definition) is 0. The Morgan fingerprint density at radius 1 is 1.27 bits per heavy atom. The third kappa shape index (κ3) is 5.07. The van der Waals surface area contributed by atoms with Crippen molar-refractivity contribution in [2.45, 2.75) is 0 Å². The highest BCUT2D eigenvalue weighted by Gasteiger charge is 2.21. The van der Waals surface area contributed by atoms with Gasteiger partial charge in [0.15, 0.2) is 0 Å². The highest BCUT2D eigenvalue weighted by Crippen LogP contribution is 2.02. The van der Waals surface area contributed by atoms with Crippen LogP contribution in [0.2, 0.25) is 0 Å². The lowest BCUT2D eigenvalue weighted by Crippen LogP contribution is -2.26. The van der Waals surface area contributed by atoms with Crippen LogP contribution in [0.15, 0.2) is 0 Å². The highest BCUT2D eigenvalue weighted by atomic mass is 32.3. The molecule has 0 saturated heterocycles. The average molecular weight is 207 g/mol. The van der Waals surface area contributed by atoms with E-state index in [0.717, 1.165) is 0 Å². The van der Waals surface area contributed by atoms with Gasteiger partial charge < -0.3 is 0 Å². The van der Waals surface area contributed by atoms with Crippen molar-refractivity contribution in [2.24, 2.45) is 0 Å². The smallest absolute Gasteiger partial charge is 0.198 e. The Morgan fingerprint density at radius 3 is 1.73 bits per heavy atom. The largest absolute Gasteiger partial charge is 0.398 e. The molecular formula is C2H6FNO5S2. The van der Waals surface area contributed by atoms with E-state index in [4.69, 9.17) is 0 Å². The maximum atomic E-state index is 11.8. The van der Waals surface area contributed by atoms with Crippen LogP contribution in [0.4, 0.5) is 3.89 Å². The van der Waals surface area contributed by atoms with E-state index in [2.05, 4.69) is 4.28 Å². The third-order valence-electron chi connectivity index (χ3n) is 0.547. The molecule has 0 bridgehead atoms. The predicted octanol–water partition coefficient (Wildman–Crippen LogP) is -0.976. The molecule has 0 aromatic rings. The lowest BCUT2D eigenvalue weighted by molar-refractivity contribution is 0.0683. The zero-order valence-corrected chi connectivity index (χ0v) is 7.32. The summed E-state index contributed by atoms with van der Waals surface area (Å²) >= 11 is 0. The van der Waals surface area contributed by atoms with Crippen LogP contribution in [0.25, 0.3) is 0 Å². The predicted molar refractivity (Wildman–Crippen MR) is 33.7 cm³/mol.